The van der Waals surface area contributed by atoms with Crippen LogP contribution in [0.25, 0.3) is 0 Å². The van der Waals surface area contributed by atoms with Crippen molar-refractivity contribution in [3.63, 3.8) is 0 Å². The summed E-state index contributed by atoms with van der Waals surface area (Å²) in [6.07, 6.45) is 0. The van der Waals surface area contributed by atoms with Crippen molar-refractivity contribution in [1.29, 1.82) is 0 Å². The first-order valence-electron chi connectivity index (χ1n) is 10.9. The summed E-state index contributed by atoms with van der Waals surface area (Å²) in [5.41, 5.74) is 1.48. The van der Waals surface area contributed by atoms with Gasteiger partial charge in [0.25, 0.3) is 0 Å². The van der Waals surface area contributed by atoms with E-state index in [9.17, 15) is 19.2 Å². The van der Waals surface area contributed by atoms with Gasteiger partial charge in [0, 0.05) is 16.0 Å². The highest BCUT2D eigenvalue weighted by molar-refractivity contribution is 8.00. The fourth-order valence-electron chi connectivity index (χ4n) is 4.66. The Bertz CT molecular complexity index is 1380. The van der Waals surface area contributed by atoms with Crippen molar-refractivity contribution in [3.8, 4) is 0 Å². The number of nitrogens with one attached hydrogen (secondary N) is 1. The number of carbonyl (C=O) groups excluding carboxylic acids is 3. The van der Waals surface area contributed by atoms with E-state index in [-0.39, 0.29) is 29.1 Å². The molecule has 2 atom stereocenters. The second-order valence-corrected chi connectivity index (χ2v) is 11.2. The van der Waals surface area contributed by atoms with E-state index in [0.29, 0.717) is 16.4 Å². The molecule has 0 spiro atoms. The van der Waals surface area contributed by atoms with E-state index in [2.05, 4.69) is 5.32 Å². The molecule has 1 aromatic heterocycles. The number of benzene rings is 2. The zero-order valence-corrected chi connectivity index (χ0v) is 20.5. The largest absolute Gasteiger partial charge is 0.325 e. The zero-order valence-electron chi connectivity index (χ0n) is 18.9. The fraction of sp³-hybridized carbons (Fsp3) is 0.280. The lowest BCUT2D eigenvalue weighted by Crippen LogP contribution is -2.41. The van der Waals surface area contributed by atoms with E-state index in [1.807, 2.05) is 45.0 Å². The van der Waals surface area contributed by atoms with Crippen LogP contribution in [0.2, 0.25) is 0 Å². The number of thiazole rings is 1. The molecule has 1 fully saturated rings. The number of fused-ring (bicyclic) bond motifs is 2. The molecule has 0 bridgehead atoms. The molecule has 2 aliphatic heterocycles. The Balaban J connectivity index is 1.47. The molecular weight excluding hydrogens is 470 g/mol. The van der Waals surface area contributed by atoms with Gasteiger partial charge in [0.1, 0.15) is 11.8 Å². The van der Waals surface area contributed by atoms with E-state index >= 15 is 0 Å². The number of rotatable bonds is 4. The van der Waals surface area contributed by atoms with E-state index in [1.54, 1.807) is 30.3 Å². The van der Waals surface area contributed by atoms with E-state index < -0.39 is 16.6 Å². The van der Waals surface area contributed by atoms with Crippen molar-refractivity contribution in [3.05, 3.63) is 74.7 Å². The Morgan fingerprint density at radius 1 is 1.03 bits per heavy atom. The van der Waals surface area contributed by atoms with Gasteiger partial charge in [-0.3, -0.25) is 23.7 Å². The van der Waals surface area contributed by atoms with Crippen molar-refractivity contribution in [2.75, 3.05) is 10.2 Å². The lowest BCUT2D eigenvalue weighted by molar-refractivity contribution is -0.123. The predicted molar refractivity (Wildman–Crippen MR) is 133 cm³/mol. The Labute approximate surface area is 204 Å². The maximum atomic E-state index is 13.4. The van der Waals surface area contributed by atoms with Gasteiger partial charge >= 0.3 is 4.87 Å². The second-order valence-electron chi connectivity index (χ2n) is 9.09. The quantitative estimate of drug-likeness (QED) is 0.559. The molecule has 3 heterocycles. The lowest BCUT2D eigenvalue weighted by atomic mass is 9.76. The summed E-state index contributed by atoms with van der Waals surface area (Å²) in [5, 5.41) is 2.77. The molecule has 3 amide bonds. The molecule has 1 N–H and O–H groups in total. The Kier molecular flexibility index (Phi) is 5.49. The monoisotopic (exact) mass is 493 g/mol. The van der Waals surface area contributed by atoms with Gasteiger partial charge in [-0.05, 0) is 36.8 Å². The Morgan fingerprint density at radius 3 is 2.47 bits per heavy atom. The molecule has 9 heteroatoms. The molecule has 0 aliphatic carbocycles. The molecular formula is C25H23N3O4S2. The van der Waals surface area contributed by atoms with Crippen molar-refractivity contribution in [2.24, 2.45) is 5.92 Å². The van der Waals surface area contributed by atoms with Crippen LogP contribution in [0.5, 0.6) is 0 Å². The standard InChI is InChI=1S/C25H23N3O4S2/c1-14-8-7-9-15(12-14)26-17(29)13-27-23-20(34-24(27)32)25(2,3)18-19(33-23)22(31)28(21(18)30)16-10-5-4-6-11-16/h4-12,18-19H,13H2,1-3H3,(H,26,29). The number of carbonyl (C=O) groups is 3. The van der Waals surface area contributed by atoms with Crippen LogP contribution in [-0.2, 0) is 26.3 Å². The first-order chi connectivity index (χ1) is 16.2. The van der Waals surface area contributed by atoms with Gasteiger partial charge in [-0.15, -0.1) is 0 Å². The lowest BCUT2D eigenvalue weighted by Gasteiger charge is -2.36. The average molecular weight is 494 g/mol. The van der Waals surface area contributed by atoms with Gasteiger partial charge in [0.2, 0.25) is 17.7 Å². The second kappa shape index (κ2) is 8.25. The van der Waals surface area contributed by atoms with Gasteiger partial charge in [0.05, 0.1) is 16.6 Å². The minimum atomic E-state index is -0.733. The highest BCUT2D eigenvalue weighted by Crippen LogP contribution is 2.54. The molecule has 7 nitrogen and oxygen atoms in total. The van der Waals surface area contributed by atoms with Crippen LogP contribution in [0.1, 0.15) is 24.3 Å². The summed E-state index contributed by atoms with van der Waals surface area (Å²) in [5.74, 6) is -1.47. The van der Waals surface area contributed by atoms with Gasteiger partial charge in [-0.25, -0.2) is 4.90 Å². The number of hydrogen-bond donors (Lipinski definition) is 1. The third kappa shape index (κ3) is 3.59. The van der Waals surface area contributed by atoms with Crippen molar-refractivity contribution in [1.82, 2.24) is 4.57 Å². The third-order valence-electron chi connectivity index (χ3n) is 6.32. The summed E-state index contributed by atoms with van der Waals surface area (Å²) in [7, 11) is 0. The van der Waals surface area contributed by atoms with Crippen molar-refractivity contribution in [2.45, 2.75) is 43.0 Å². The predicted octanol–water partition coefficient (Wildman–Crippen LogP) is 3.80. The van der Waals surface area contributed by atoms with E-state index in [0.717, 1.165) is 21.8 Å². The number of nitrogens with zero attached hydrogens (tertiary/aromatic N) is 2. The average Bonchev–Trinajstić information content (AvgIpc) is 3.23. The zero-order chi connectivity index (χ0) is 24.2. The molecule has 3 aromatic rings. The number of amides is 3. The SMILES string of the molecule is Cc1cccc(NC(=O)Cn2c3c(sc2=O)C(C)(C)C2C(=O)N(c4ccccc4)C(=O)C2S3)c1. The number of para-hydroxylation sites is 1. The van der Waals surface area contributed by atoms with Gasteiger partial charge < -0.3 is 5.32 Å². The van der Waals surface area contributed by atoms with Crippen LogP contribution in [0.4, 0.5) is 11.4 Å². The van der Waals surface area contributed by atoms with Crippen LogP contribution < -0.4 is 15.1 Å². The highest BCUT2D eigenvalue weighted by Gasteiger charge is 2.59. The van der Waals surface area contributed by atoms with Gasteiger partial charge in [-0.1, -0.05) is 67.3 Å². The Morgan fingerprint density at radius 2 is 1.76 bits per heavy atom. The molecule has 0 saturated carbocycles. The fourth-order valence-corrected chi connectivity index (χ4v) is 7.70. The molecule has 2 unspecified atom stereocenters. The number of thioether (sulfide) groups is 1. The molecule has 34 heavy (non-hydrogen) atoms. The summed E-state index contributed by atoms with van der Waals surface area (Å²) in [6.45, 7) is 5.57. The topological polar surface area (TPSA) is 88.5 Å². The minimum absolute atomic E-state index is 0.163. The maximum absolute atomic E-state index is 13.4. The molecule has 5 rings (SSSR count). The normalized spacial score (nSPS) is 20.7. The summed E-state index contributed by atoms with van der Waals surface area (Å²) in [4.78, 5) is 54.2. The first-order valence-corrected chi connectivity index (χ1v) is 12.6. The minimum Gasteiger partial charge on any atom is -0.325 e. The van der Waals surface area contributed by atoms with Crippen LogP contribution in [0.15, 0.2) is 64.4 Å². The van der Waals surface area contributed by atoms with E-state index in [4.69, 9.17) is 0 Å². The Hall–Kier alpha value is -3.17. The smallest absolute Gasteiger partial charge is 0.308 e. The van der Waals surface area contributed by atoms with Gasteiger partial charge in [0.15, 0.2) is 0 Å². The van der Waals surface area contributed by atoms with E-state index in [1.165, 1.54) is 21.2 Å². The van der Waals surface area contributed by atoms with Crippen LogP contribution in [0, 0.1) is 12.8 Å². The highest BCUT2D eigenvalue weighted by atomic mass is 32.2. The first kappa shape index (κ1) is 22.6. The van der Waals surface area contributed by atoms with Crippen LogP contribution in [-0.4, -0.2) is 27.5 Å². The molecule has 1 saturated heterocycles. The van der Waals surface area contributed by atoms with Crippen LogP contribution >= 0.6 is 23.1 Å². The maximum Gasteiger partial charge on any atom is 0.308 e. The summed E-state index contributed by atoms with van der Waals surface area (Å²) < 4.78 is 1.43. The van der Waals surface area contributed by atoms with Gasteiger partial charge in [-0.2, -0.15) is 0 Å². The summed E-state index contributed by atoms with van der Waals surface area (Å²) in [6, 6.07) is 16.3. The molecule has 174 valence electrons. The van der Waals surface area contributed by atoms with Crippen LogP contribution in [0.3, 0.4) is 0 Å². The van der Waals surface area contributed by atoms with Crippen molar-refractivity contribution < 1.29 is 14.4 Å². The number of imide groups is 1. The van der Waals surface area contributed by atoms with Crippen molar-refractivity contribution >= 4 is 52.2 Å². The number of hydrogen-bond acceptors (Lipinski definition) is 6. The summed E-state index contributed by atoms with van der Waals surface area (Å²) >= 11 is 2.27. The third-order valence-corrected chi connectivity index (χ3v) is 9.14. The molecule has 2 aromatic carbocycles. The number of anilines is 2. The number of aromatic nitrogens is 1. The number of aryl methyl sites for hydroxylation is 1. The molecule has 0 radical (unpaired) electrons. The molecule has 2 aliphatic rings.